The number of halogens is 1. The van der Waals surface area contributed by atoms with Gasteiger partial charge in [-0.2, -0.15) is 0 Å². The summed E-state index contributed by atoms with van der Waals surface area (Å²) >= 11 is 3.67. The van der Waals surface area contributed by atoms with Crippen LogP contribution in [0.2, 0.25) is 0 Å². The standard InChI is InChI=1S/C19H32BrN/c1-3-4-5-6-7-8-9-12-17(16-21-2)15-18-13-10-11-14-19(18)20/h10-11,13-14,17,21H,3-9,12,15-16H2,1-2H3. The Bertz CT molecular complexity index is 364. The first kappa shape index (κ1) is 18.7. The average Bonchev–Trinajstić information content (AvgIpc) is 2.48. The summed E-state index contributed by atoms with van der Waals surface area (Å²) in [7, 11) is 2.07. The Labute approximate surface area is 140 Å². The Morgan fingerprint density at radius 1 is 1.00 bits per heavy atom. The first-order valence-electron chi connectivity index (χ1n) is 8.66. The Kier molecular flexibility index (Phi) is 10.9. The molecule has 0 saturated heterocycles. The molecule has 0 aliphatic rings. The summed E-state index contributed by atoms with van der Waals surface area (Å²) in [4.78, 5) is 0. The van der Waals surface area contributed by atoms with Crippen molar-refractivity contribution in [3.8, 4) is 0 Å². The van der Waals surface area contributed by atoms with E-state index in [9.17, 15) is 0 Å². The molecule has 0 aromatic heterocycles. The van der Waals surface area contributed by atoms with Gasteiger partial charge < -0.3 is 5.32 Å². The topological polar surface area (TPSA) is 12.0 Å². The summed E-state index contributed by atoms with van der Waals surface area (Å²) in [6.07, 6.45) is 12.3. The largest absolute Gasteiger partial charge is 0.319 e. The second kappa shape index (κ2) is 12.2. The summed E-state index contributed by atoms with van der Waals surface area (Å²) < 4.78 is 1.26. The van der Waals surface area contributed by atoms with Crippen molar-refractivity contribution in [2.75, 3.05) is 13.6 Å². The van der Waals surface area contributed by atoms with E-state index in [1.165, 1.54) is 67.8 Å². The molecule has 0 spiro atoms. The van der Waals surface area contributed by atoms with Crippen LogP contribution in [-0.2, 0) is 6.42 Å². The van der Waals surface area contributed by atoms with E-state index in [1.54, 1.807) is 0 Å². The van der Waals surface area contributed by atoms with Crippen molar-refractivity contribution in [1.82, 2.24) is 5.32 Å². The fourth-order valence-corrected chi connectivity index (χ4v) is 3.38. The van der Waals surface area contributed by atoms with E-state index in [0.717, 1.165) is 12.5 Å². The van der Waals surface area contributed by atoms with Gasteiger partial charge in [0.25, 0.3) is 0 Å². The van der Waals surface area contributed by atoms with E-state index in [-0.39, 0.29) is 0 Å². The van der Waals surface area contributed by atoms with E-state index < -0.39 is 0 Å². The highest BCUT2D eigenvalue weighted by Gasteiger charge is 2.10. The van der Waals surface area contributed by atoms with Gasteiger partial charge in [0.1, 0.15) is 0 Å². The van der Waals surface area contributed by atoms with Gasteiger partial charge in [0, 0.05) is 4.47 Å². The first-order valence-corrected chi connectivity index (χ1v) is 9.45. The molecule has 0 heterocycles. The Morgan fingerprint density at radius 2 is 1.67 bits per heavy atom. The molecule has 0 bridgehead atoms. The second-order valence-electron chi connectivity index (χ2n) is 6.13. The lowest BCUT2D eigenvalue weighted by Crippen LogP contribution is -2.21. The maximum absolute atomic E-state index is 3.67. The fraction of sp³-hybridized carbons (Fsp3) is 0.684. The average molecular weight is 354 g/mol. The summed E-state index contributed by atoms with van der Waals surface area (Å²) in [5.41, 5.74) is 1.45. The molecular weight excluding hydrogens is 322 g/mol. The molecule has 0 radical (unpaired) electrons. The van der Waals surface area contributed by atoms with Crippen LogP contribution in [0.1, 0.15) is 63.9 Å². The van der Waals surface area contributed by atoms with Gasteiger partial charge in [0.15, 0.2) is 0 Å². The molecule has 1 nitrogen and oxygen atoms in total. The van der Waals surface area contributed by atoms with Gasteiger partial charge in [0.05, 0.1) is 0 Å². The molecule has 120 valence electrons. The third-order valence-electron chi connectivity index (χ3n) is 4.18. The molecule has 1 aromatic carbocycles. The summed E-state index contributed by atoms with van der Waals surface area (Å²) in [5, 5.41) is 3.36. The highest BCUT2D eigenvalue weighted by molar-refractivity contribution is 9.10. The minimum atomic E-state index is 0.754. The number of benzene rings is 1. The quantitative estimate of drug-likeness (QED) is 0.456. The molecule has 1 atom stereocenters. The van der Waals surface area contributed by atoms with Gasteiger partial charge in [0.2, 0.25) is 0 Å². The van der Waals surface area contributed by atoms with Crippen molar-refractivity contribution in [2.45, 2.75) is 64.7 Å². The van der Waals surface area contributed by atoms with Gasteiger partial charge in [-0.15, -0.1) is 0 Å². The maximum Gasteiger partial charge on any atom is 0.0207 e. The zero-order valence-electron chi connectivity index (χ0n) is 13.8. The van der Waals surface area contributed by atoms with E-state index in [2.05, 4.69) is 59.5 Å². The van der Waals surface area contributed by atoms with Gasteiger partial charge in [-0.05, 0) is 44.0 Å². The van der Waals surface area contributed by atoms with Gasteiger partial charge >= 0.3 is 0 Å². The van der Waals surface area contributed by atoms with E-state index >= 15 is 0 Å². The smallest absolute Gasteiger partial charge is 0.0207 e. The number of rotatable bonds is 12. The monoisotopic (exact) mass is 353 g/mol. The Balaban J connectivity index is 2.25. The minimum Gasteiger partial charge on any atom is -0.319 e. The van der Waals surface area contributed by atoms with Crippen molar-refractivity contribution < 1.29 is 0 Å². The molecule has 0 saturated carbocycles. The van der Waals surface area contributed by atoms with E-state index in [4.69, 9.17) is 0 Å². The predicted octanol–water partition coefficient (Wildman–Crippen LogP) is 5.97. The number of unbranched alkanes of at least 4 members (excludes halogenated alkanes) is 6. The van der Waals surface area contributed by atoms with Crippen LogP contribution >= 0.6 is 15.9 Å². The zero-order chi connectivity index (χ0) is 15.3. The molecule has 0 aliphatic carbocycles. The van der Waals surface area contributed by atoms with Crippen LogP contribution in [0.5, 0.6) is 0 Å². The lowest BCUT2D eigenvalue weighted by molar-refractivity contribution is 0.431. The molecule has 1 rings (SSSR count). The van der Waals surface area contributed by atoms with E-state index in [0.29, 0.717) is 0 Å². The molecule has 2 heteroatoms. The van der Waals surface area contributed by atoms with Gasteiger partial charge in [-0.1, -0.05) is 86.0 Å². The fourth-order valence-electron chi connectivity index (χ4n) is 2.93. The van der Waals surface area contributed by atoms with E-state index in [1.807, 2.05) is 0 Å². The Hall–Kier alpha value is -0.340. The highest BCUT2D eigenvalue weighted by atomic mass is 79.9. The number of hydrogen-bond donors (Lipinski definition) is 1. The van der Waals surface area contributed by atoms with Gasteiger partial charge in [-0.3, -0.25) is 0 Å². The number of hydrogen-bond acceptors (Lipinski definition) is 1. The van der Waals surface area contributed by atoms with Gasteiger partial charge in [-0.25, -0.2) is 0 Å². The van der Waals surface area contributed by atoms with Crippen LogP contribution < -0.4 is 5.32 Å². The van der Waals surface area contributed by atoms with Crippen LogP contribution in [0.25, 0.3) is 0 Å². The minimum absolute atomic E-state index is 0.754. The molecule has 0 aliphatic heterocycles. The van der Waals surface area contributed by atoms with Crippen molar-refractivity contribution >= 4 is 15.9 Å². The molecule has 21 heavy (non-hydrogen) atoms. The Morgan fingerprint density at radius 3 is 2.33 bits per heavy atom. The molecular formula is C19H32BrN. The molecule has 1 N–H and O–H groups in total. The third-order valence-corrected chi connectivity index (χ3v) is 4.95. The van der Waals surface area contributed by atoms with Crippen LogP contribution in [0, 0.1) is 5.92 Å². The molecule has 0 amide bonds. The predicted molar refractivity (Wildman–Crippen MR) is 97.9 cm³/mol. The maximum atomic E-state index is 3.67. The molecule has 1 unspecified atom stereocenters. The van der Waals surface area contributed by atoms with Crippen molar-refractivity contribution in [2.24, 2.45) is 5.92 Å². The van der Waals surface area contributed by atoms with Crippen LogP contribution in [0.15, 0.2) is 28.7 Å². The molecule has 0 fully saturated rings. The lowest BCUT2D eigenvalue weighted by Gasteiger charge is -2.17. The SMILES string of the molecule is CCCCCCCCCC(CNC)Cc1ccccc1Br. The third kappa shape index (κ3) is 8.63. The summed E-state index contributed by atoms with van der Waals surface area (Å²) in [6, 6.07) is 8.64. The summed E-state index contributed by atoms with van der Waals surface area (Å²) in [6.45, 7) is 3.40. The number of nitrogens with one attached hydrogen (secondary N) is 1. The highest BCUT2D eigenvalue weighted by Crippen LogP contribution is 2.22. The first-order chi connectivity index (χ1) is 10.3. The van der Waals surface area contributed by atoms with Crippen molar-refractivity contribution in [1.29, 1.82) is 0 Å². The normalized spacial score (nSPS) is 12.5. The van der Waals surface area contributed by atoms with Crippen LogP contribution in [0.4, 0.5) is 0 Å². The van der Waals surface area contributed by atoms with Crippen LogP contribution in [-0.4, -0.2) is 13.6 Å². The molecule has 1 aromatic rings. The summed E-state index contributed by atoms with van der Waals surface area (Å²) in [5.74, 6) is 0.754. The van der Waals surface area contributed by atoms with Crippen molar-refractivity contribution in [3.63, 3.8) is 0 Å². The zero-order valence-corrected chi connectivity index (χ0v) is 15.4. The van der Waals surface area contributed by atoms with Crippen molar-refractivity contribution in [3.05, 3.63) is 34.3 Å². The van der Waals surface area contributed by atoms with Crippen LogP contribution in [0.3, 0.4) is 0 Å². The second-order valence-corrected chi connectivity index (χ2v) is 6.98. The lowest BCUT2D eigenvalue weighted by atomic mass is 9.93.